The standard InChI is InChI=1S/C15H22O2/c1-3-4-13(10-16)15-14-9-11(2)5-6-12(14)7-8-17-15/h5-6,9,13,15-16H,3-4,7-8,10H2,1-2H3. The number of aliphatic hydroxyl groups excluding tert-OH is 1. The predicted octanol–water partition coefficient (Wildman–Crippen LogP) is 3.02. The van der Waals surface area contributed by atoms with Gasteiger partial charge in [-0.25, -0.2) is 0 Å². The third-order valence-corrected chi connectivity index (χ3v) is 3.60. The van der Waals surface area contributed by atoms with Crippen molar-refractivity contribution in [3.63, 3.8) is 0 Å². The van der Waals surface area contributed by atoms with E-state index in [9.17, 15) is 5.11 Å². The van der Waals surface area contributed by atoms with E-state index in [0.29, 0.717) is 0 Å². The molecule has 2 unspecified atom stereocenters. The molecule has 1 heterocycles. The molecule has 0 aromatic heterocycles. The van der Waals surface area contributed by atoms with Crippen molar-refractivity contribution in [1.29, 1.82) is 0 Å². The molecule has 0 aliphatic carbocycles. The molecule has 0 radical (unpaired) electrons. The number of ether oxygens (including phenoxy) is 1. The molecule has 1 N–H and O–H groups in total. The molecular weight excluding hydrogens is 212 g/mol. The SMILES string of the molecule is CCCC(CO)C1OCCc2ccc(C)cc21. The van der Waals surface area contributed by atoms with E-state index in [0.717, 1.165) is 25.9 Å². The maximum absolute atomic E-state index is 9.52. The number of hydrogen-bond donors (Lipinski definition) is 1. The van der Waals surface area contributed by atoms with E-state index in [2.05, 4.69) is 32.0 Å². The highest BCUT2D eigenvalue weighted by molar-refractivity contribution is 5.35. The first-order valence-corrected chi connectivity index (χ1v) is 6.58. The highest BCUT2D eigenvalue weighted by Crippen LogP contribution is 2.35. The van der Waals surface area contributed by atoms with Crippen molar-refractivity contribution >= 4 is 0 Å². The van der Waals surface area contributed by atoms with Gasteiger partial charge in [-0.3, -0.25) is 0 Å². The first kappa shape index (κ1) is 12.6. The van der Waals surface area contributed by atoms with Gasteiger partial charge in [-0.2, -0.15) is 0 Å². The molecule has 2 nitrogen and oxygen atoms in total. The van der Waals surface area contributed by atoms with Crippen LogP contribution in [0, 0.1) is 12.8 Å². The van der Waals surface area contributed by atoms with Gasteiger partial charge in [0.1, 0.15) is 0 Å². The number of rotatable bonds is 4. The lowest BCUT2D eigenvalue weighted by molar-refractivity contribution is -0.0196. The van der Waals surface area contributed by atoms with Crippen LogP contribution in [-0.2, 0) is 11.2 Å². The van der Waals surface area contributed by atoms with Crippen LogP contribution in [0.4, 0.5) is 0 Å². The molecule has 0 bridgehead atoms. The van der Waals surface area contributed by atoms with Gasteiger partial charge in [0.2, 0.25) is 0 Å². The van der Waals surface area contributed by atoms with Crippen LogP contribution < -0.4 is 0 Å². The summed E-state index contributed by atoms with van der Waals surface area (Å²) in [5.41, 5.74) is 3.96. The summed E-state index contributed by atoms with van der Waals surface area (Å²) in [6.07, 6.45) is 3.19. The van der Waals surface area contributed by atoms with E-state index in [1.165, 1.54) is 16.7 Å². The first-order chi connectivity index (χ1) is 8.26. The van der Waals surface area contributed by atoms with Crippen LogP contribution in [0.15, 0.2) is 18.2 Å². The molecule has 2 atom stereocenters. The van der Waals surface area contributed by atoms with E-state index in [1.54, 1.807) is 0 Å². The lowest BCUT2D eigenvalue weighted by Crippen LogP contribution is -2.25. The summed E-state index contributed by atoms with van der Waals surface area (Å²) in [6.45, 7) is 5.26. The second kappa shape index (κ2) is 5.65. The minimum Gasteiger partial charge on any atom is -0.396 e. The van der Waals surface area contributed by atoms with Crippen molar-refractivity contribution in [3.05, 3.63) is 34.9 Å². The fraction of sp³-hybridized carbons (Fsp3) is 0.600. The van der Waals surface area contributed by atoms with Crippen LogP contribution in [0.2, 0.25) is 0 Å². The summed E-state index contributed by atoms with van der Waals surface area (Å²) in [5.74, 6) is 0.237. The Morgan fingerprint density at radius 3 is 3.00 bits per heavy atom. The summed E-state index contributed by atoms with van der Waals surface area (Å²) in [7, 11) is 0. The summed E-state index contributed by atoms with van der Waals surface area (Å²) >= 11 is 0. The van der Waals surface area contributed by atoms with Crippen molar-refractivity contribution in [3.8, 4) is 0 Å². The van der Waals surface area contributed by atoms with Gasteiger partial charge in [0.05, 0.1) is 12.7 Å². The molecule has 2 rings (SSSR count). The summed E-state index contributed by atoms with van der Waals surface area (Å²) < 4.78 is 5.90. The number of aryl methyl sites for hydroxylation is 1. The molecule has 0 saturated heterocycles. The smallest absolute Gasteiger partial charge is 0.0877 e. The highest BCUT2D eigenvalue weighted by atomic mass is 16.5. The molecule has 0 saturated carbocycles. The van der Waals surface area contributed by atoms with E-state index in [4.69, 9.17) is 4.74 Å². The van der Waals surface area contributed by atoms with Crippen LogP contribution >= 0.6 is 0 Å². The predicted molar refractivity (Wildman–Crippen MR) is 69.1 cm³/mol. The molecule has 1 aliphatic rings. The number of aliphatic hydroxyl groups is 1. The maximum Gasteiger partial charge on any atom is 0.0877 e. The van der Waals surface area contributed by atoms with Gasteiger partial charge in [-0.15, -0.1) is 0 Å². The van der Waals surface area contributed by atoms with Gasteiger partial charge in [-0.05, 0) is 30.9 Å². The summed E-state index contributed by atoms with van der Waals surface area (Å²) in [6, 6.07) is 6.59. The Morgan fingerprint density at radius 1 is 1.47 bits per heavy atom. The average Bonchev–Trinajstić information content (AvgIpc) is 2.35. The molecule has 0 fully saturated rings. The molecule has 0 spiro atoms. The van der Waals surface area contributed by atoms with Crippen molar-refractivity contribution < 1.29 is 9.84 Å². The third kappa shape index (κ3) is 2.70. The average molecular weight is 234 g/mol. The number of benzene rings is 1. The van der Waals surface area contributed by atoms with Crippen LogP contribution in [0.25, 0.3) is 0 Å². The van der Waals surface area contributed by atoms with Crippen molar-refractivity contribution in [2.45, 2.75) is 39.2 Å². The molecule has 1 aromatic carbocycles. The fourth-order valence-corrected chi connectivity index (χ4v) is 2.69. The minimum atomic E-state index is 0.0867. The Bertz CT molecular complexity index is 373. The lowest BCUT2D eigenvalue weighted by atomic mass is 9.86. The normalized spacial score (nSPS) is 21.0. The Hall–Kier alpha value is -0.860. The van der Waals surface area contributed by atoms with Gasteiger partial charge in [0.25, 0.3) is 0 Å². The molecule has 17 heavy (non-hydrogen) atoms. The van der Waals surface area contributed by atoms with Crippen molar-refractivity contribution in [2.75, 3.05) is 13.2 Å². The second-order valence-corrected chi connectivity index (χ2v) is 4.97. The Morgan fingerprint density at radius 2 is 2.29 bits per heavy atom. The maximum atomic E-state index is 9.52. The lowest BCUT2D eigenvalue weighted by Gasteiger charge is -2.32. The Balaban J connectivity index is 2.29. The topological polar surface area (TPSA) is 29.5 Å². The largest absolute Gasteiger partial charge is 0.396 e. The molecule has 1 aliphatic heterocycles. The van der Waals surface area contributed by atoms with E-state index in [-0.39, 0.29) is 18.6 Å². The quantitative estimate of drug-likeness (QED) is 0.867. The summed E-state index contributed by atoms with van der Waals surface area (Å²) in [4.78, 5) is 0. The van der Waals surface area contributed by atoms with E-state index < -0.39 is 0 Å². The zero-order valence-electron chi connectivity index (χ0n) is 10.8. The van der Waals surface area contributed by atoms with Gasteiger partial charge < -0.3 is 9.84 Å². The van der Waals surface area contributed by atoms with E-state index in [1.807, 2.05) is 0 Å². The monoisotopic (exact) mass is 234 g/mol. The molecule has 1 aromatic rings. The van der Waals surface area contributed by atoms with Gasteiger partial charge >= 0.3 is 0 Å². The Kier molecular flexibility index (Phi) is 4.19. The van der Waals surface area contributed by atoms with Crippen LogP contribution in [0.3, 0.4) is 0 Å². The third-order valence-electron chi connectivity index (χ3n) is 3.60. The van der Waals surface area contributed by atoms with Gasteiger partial charge in [0.15, 0.2) is 0 Å². The number of fused-ring (bicyclic) bond motifs is 1. The minimum absolute atomic E-state index is 0.0867. The van der Waals surface area contributed by atoms with Crippen LogP contribution in [0.5, 0.6) is 0 Å². The molecular formula is C15H22O2. The zero-order valence-corrected chi connectivity index (χ0v) is 10.8. The number of hydrogen-bond acceptors (Lipinski definition) is 2. The zero-order chi connectivity index (χ0) is 12.3. The molecule has 0 amide bonds. The van der Waals surface area contributed by atoms with E-state index >= 15 is 0 Å². The second-order valence-electron chi connectivity index (χ2n) is 4.97. The first-order valence-electron chi connectivity index (χ1n) is 6.58. The highest BCUT2D eigenvalue weighted by Gasteiger charge is 2.27. The van der Waals surface area contributed by atoms with Gasteiger partial charge in [0, 0.05) is 12.5 Å². The van der Waals surface area contributed by atoms with Crippen LogP contribution in [-0.4, -0.2) is 18.3 Å². The molecule has 94 valence electrons. The van der Waals surface area contributed by atoms with Crippen molar-refractivity contribution in [2.24, 2.45) is 5.92 Å². The summed E-state index contributed by atoms with van der Waals surface area (Å²) in [5, 5.41) is 9.52. The fourth-order valence-electron chi connectivity index (χ4n) is 2.69. The molecule has 2 heteroatoms. The van der Waals surface area contributed by atoms with Crippen LogP contribution in [0.1, 0.15) is 42.6 Å². The Labute approximate surface area is 104 Å². The van der Waals surface area contributed by atoms with Gasteiger partial charge in [-0.1, -0.05) is 37.1 Å². The van der Waals surface area contributed by atoms with Crippen molar-refractivity contribution in [1.82, 2.24) is 0 Å².